The smallest absolute Gasteiger partial charge is 0.135 e. The van der Waals surface area contributed by atoms with E-state index in [0.29, 0.717) is 24.7 Å². The molecule has 2 aliphatic heterocycles. The minimum Gasteiger partial charge on any atom is -0.492 e. The monoisotopic (exact) mass is 429 g/mol. The first kappa shape index (κ1) is 22.5. The third-order valence-electron chi connectivity index (χ3n) is 7.47. The molecule has 0 amide bonds. The molecule has 0 radical (unpaired) electrons. The van der Waals surface area contributed by atoms with E-state index in [4.69, 9.17) is 14.5 Å². The van der Waals surface area contributed by atoms with Crippen molar-refractivity contribution in [2.75, 3.05) is 57.9 Å². The Hall–Kier alpha value is -1.66. The van der Waals surface area contributed by atoms with E-state index in [1.165, 1.54) is 44.2 Å². The number of aromatic nitrogens is 1. The summed E-state index contributed by atoms with van der Waals surface area (Å²) < 4.78 is 10.9. The molecule has 1 saturated heterocycles. The minimum absolute atomic E-state index is 0.378. The van der Waals surface area contributed by atoms with Crippen LogP contribution in [0.2, 0.25) is 0 Å². The molecule has 1 aliphatic carbocycles. The molecule has 0 atom stereocenters. The van der Waals surface area contributed by atoms with Gasteiger partial charge in [-0.2, -0.15) is 0 Å². The summed E-state index contributed by atoms with van der Waals surface area (Å²) in [4.78, 5) is 21.8. The van der Waals surface area contributed by atoms with Gasteiger partial charge in [-0.15, -0.1) is 0 Å². The van der Waals surface area contributed by atoms with Crippen molar-refractivity contribution >= 4 is 11.6 Å². The summed E-state index contributed by atoms with van der Waals surface area (Å²) in [6, 6.07) is 0. The molecular formula is C25H39N3O3. The number of Topliss-reactive ketones (excluding diaryl/α,β-unsaturated/α-hetero) is 1. The molecule has 0 bridgehead atoms. The molecule has 31 heavy (non-hydrogen) atoms. The van der Waals surface area contributed by atoms with Gasteiger partial charge in [-0.1, -0.05) is 12.8 Å². The zero-order valence-corrected chi connectivity index (χ0v) is 19.4. The number of hydrogen-bond acceptors (Lipinski definition) is 6. The molecule has 3 aliphatic rings. The second-order valence-electron chi connectivity index (χ2n) is 9.66. The summed E-state index contributed by atoms with van der Waals surface area (Å²) in [5.41, 5.74) is 2.47. The number of rotatable bonds is 9. The van der Waals surface area contributed by atoms with Gasteiger partial charge in [-0.25, -0.2) is 4.98 Å². The van der Waals surface area contributed by atoms with Crippen LogP contribution in [0.3, 0.4) is 0 Å². The maximum Gasteiger partial charge on any atom is 0.135 e. The fourth-order valence-electron chi connectivity index (χ4n) is 5.50. The number of pyridine rings is 1. The molecule has 1 aromatic heterocycles. The Morgan fingerprint density at radius 1 is 1.16 bits per heavy atom. The van der Waals surface area contributed by atoms with Gasteiger partial charge in [0, 0.05) is 69.9 Å². The number of piperazine rings is 1. The lowest BCUT2D eigenvalue weighted by Gasteiger charge is -2.37. The molecule has 6 nitrogen and oxygen atoms in total. The lowest BCUT2D eigenvalue weighted by molar-refractivity contribution is -0.121. The lowest BCUT2D eigenvalue weighted by atomic mass is 9.78. The zero-order valence-electron chi connectivity index (χ0n) is 19.4. The Labute approximate surface area is 187 Å². The van der Waals surface area contributed by atoms with Crippen molar-refractivity contribution in [3.05, 3.63) is 17.3 Å². The topological polar surface area (TPSA) is 54.9 Å². The van der Waals surface area contributed by atoms with Gasteiger partial charge in [0.15, 0.2) is 0 Å². The fourth-order valence-corrected chi connectivity index (χ4v) is 5.50. The molecular weight excluding hydrogens is 390 g/mol. The Kier molecular flexibility index (Phi) is 7.83. The number of anilines is 1. The summed E-state index contributed by atoms with van der Waals surface area (Å²) >= 11 is 0. The van der Waals surface area contributed by atoms with Crippen molar-refractivity contribution in [1.29, 1.82) is 0 Å². The Balaban J connectivity index is 1.16. The average Bonchev–Trinajstić information content (AvgIpc) is 3.29. The Morgan fingerprint density at radius 3 is 2.65 bits per heavy atom. The summed E-state index contributed by atoms with van der Waals surface area (Å²) in [6.07, 6.45) is 10.6. The second kappa shape index (κ2) is 10.8. The number of aryl methyl sites for hydroxylation is 1. The number of ether oxygens (including phenoxy) is 2. The normalized spacial score (nSPS) is 24.1. The van der Waals surface area contributed by atoms with Crippen LogP contribution >= 0.6 is 0 Å². The van der Waals surface area contributed by atoms with Gasteiger partial charge < -0.3 is 14.4 Å². The van der Waals surface area contributed by atoms with E-state index >= 15 is 0 Å². The van der Waals surface area contributed by atoms with Crippen LogP contribution in [0.25, 0.3) is 0 Å². The molecule has 1 aromatic rings. The van der Waals surface area contributed by atoms with Crippen LogP contribution in [-0.4, -0.2) is 68.7 Å². The molecule has 3 heterocycles. The largest absolute Gasteiger partial charge is 0.492 e. The quantitative estimate of drug-likeness (QED) is 0.597. The van der Waals surface area contributed by atoms with Crippen LogP contribution in [0.1, 0.15) is 56.1 Å². The molecule has 0 N–H and O–H groups in total. The molecule has 0 aromatic carbocycles. The van der Waals surface area contributed by atoms with E-state index in [1.54, 1.807) is 7.11 Å². The highest BCUT2D eigenvalue weighted by molar-refractivity contribution is 5.78. The van der Waals surface area contributed by atoms with E-state index in [0.717, 1.165) is 68.7 Å². The molecule has 6 heteroatoms. The summed E-state index contributed by atoms with van der Waals surface area (Å²) in [5, 5.41) is 0. The summed E-state index contributed by atoms with van der Waals surface area (Å²) in [5.74, 6) is 4.04. The summed E-state index contributed by atoms with van der Waals surface area (Å²) in [7, 11) is 1.67. The second-order valence-corrected chi connectivity index (χ2v) is 9.66. The number of carbonyl (C=O) groups is 1. The number of methoxy groups -OCH3 is 1. The van der Waals surface area contributed by atoms with Crippen molar-refractivity contribution in [3.8, 4) is 5.75 Å². The molecule has 172 valence electrons. The first-order chi connectivity index (χ1) is 15.1. The fraction of sp³-hybridized carbons (Fsp3) is 0.760. The molecule has 0 spiro atoms. The maximum atomic E-state index is 12.0. The van der Waals surface area contributed by atoms with E-state index < -0.39 is 0 Å². The van der Waals surface area contributed by atoms with Gasteiger partial charge in [-0.05, 0) is 44.6 Å². The SMILES string of the molecule is COCCC(=O)CC1CCC(CCN2CCN(c3ncc(C)c4c3CCO4)CC2)CC1. The first-order valence-corrected chi connectivity index (χ1v) is 12.2. The van der Waals surface area contributed by atoms with Crippen LogP contribution in [-0.2, 0) is 16.0 Å². The third kappa shape index (κ3) is 5.78. The highest BCUT2D eigenvalue weighted by Crippen LogP contribution is 2.36. The zero-order chi connectivity index (χ0) is 21.6. The predicted octanol–water partition coefficient (Wildman–Crippen LogP) is 3.64. The number of ketones is 1. The predicted molar refractivity (Wildman–Crippen MR) is 123 cm³/mol. The minimum atomic E-state index is 0.378. The van der Waals surface area contributed by atoms with E-state index in [-0.39, 0.29) is 0 Å². The number of hydrogen-bond donors (Lipinski definition) is 0. The third-order valence-corrected chi connectivity index (χ3v) is 7.47. The van der Waals surface area contributed by atoms with Crippen molar-refractivity contribution in [3.63, 3.8) is 0 Å². The number of nitrogens with zero attached hydrogens (tertiary/aromatic N) is 3. The maximum absolute atomic E-state index is 12.0. The van der Waals surface area contributed by atoms with Gasteiger partial charge in [-0.3, -0.25) is 9.69 Å². The van der Waals surface area contributed by atoms with Crippen LogP contribution in [0.5, 0.6) is 5.75 Å². The summed E-state index contributed by atoms with van der Waals surface area (Å²) in [6.45, 7) is 9.00. The highest BCUT2D eigenvalue weighted by Gasteiger charge is 2.27. The average molecular weight is 430 g/mol. The van der Waals surface area contributed by atoms with Crippen molar-refractivity contribution in [2.24, 2.45) is 11.8 Å². The van der Waals surface area contributed by atoms with Crippen molar-refractivity contribution < 1.29 is 14.3 Å². The molecule has 4 rings (SSSR count). The number of carbonyl (C=O) groups excluding carboxylic acids is 1. The van der Waals surface area contributed by atoms with E-state index in [2.05, 4.69) is 16.7 Å². The van der Waals surface area contributed by atoms with Crippen molar-refractivity contribution in [2.45, 2.75) is 58.3 Å². The van der Waals surface area contributed by atoms with Gasteiger partial charge in [0.05, 0.1) is 13.2 Å². The standard InChI is InChI=1S/C25H39N3O3/c1-19-18-26-25(23-9-16-31-24(19)23)28-13-11-27(12-14-28)10-7-20-3-5-21(6-4-20)17-22(29)8-15-30-2/h18,20-21H,3-17H2,1-2H3. The van der Waals surface area contributed by atoms with E-state index in [9.17, 15) is 4.79 Å². The van der Waals surface area contributed by atoms with Crippen LogP contribution in [0.4, 0.5) is 5.82 Å². The Bertz CT molecular complexity index is 738. The number of fused-ring (bicyclic) bond motifs is 1. The van der Waals surface area contributed by atoms with Crippen LogP contribution in [0, 0.1) is 18.8 Å². The van der Waals surface area contributed by atoms with Crippen LogP contribution < -0.4 is 9.64 Å². The first-order valence-electron chi connectivity index (χ1n) is 12.2. The highest BCUT2D eigenvalue weighted by atomic mass is 16.5. The van der Waals surface area contributed by atoms with E-state index in [1.807, 2.05) is 6.20 Å². The van der Waals surface area contributed by atoms with Crippen molar-refractivity contribution in [1.82, 2.24) is 9.88 Å². The van der Waals surface area contributed by atoms with Gasteiger partial charge in [0.2, 0.25) is 0 Å². The van der Waals surface area contributed by atoms with Gasteiger partial charge in [0.25, 0.3) is 0 Å². The molecule has 2 fully saturated rings. The molecule has 0 unspecified atom stereocenters. The van der Waals surface area contributed by atoms with Gasteiger partial charge in [0.1, 0.15) is 17.4 Å². The molecule has 1 saturated carbocycles. The van der Waals surface area contributed by atoms with Crippen LogP contribution in [0.15, 0.2) is 6.20 Å². The van der Waals surface area contributed by atoms with Gasteiger partial charge >= 0.3 is 0 Å². The Morgan fingerprint density at radius 2 is 1.90 bits per heavy atom. The lowest BCUT2D eigenvalue weighted by Crippen LogP contribution is -2.47.